The Bertz CT molecular complexity index is 351. The monoisotopic (exact) mass is 285 g/mol. The van der Waals surface area contributed by atoms with Gasteiger partial charge in [-0.15, -0.1) is 0 Å². The van der Waals surface area contributed by atoms with Gasteiger partial charge < -0.3 is 24.6 Å². The van der Waals surface area contributed by atoms with Crippen molar-refractivity contribution < 1.29 is 19.1 Å². The fourth-order valence-corrected chi connectivity index (χ4v) is 2.58. The normalized spacial score (nSPS) is 23.1. The fourth-order valence-electron chi connectivity index (χ4n) is 2.58. The second kappa shape index (κ2) is 7.56. The van der Waals surface area contributed by atoms with Gasteiger partial charge in [-0.05, 0) is 6.42 Å². The molecule has 2 aliphatic heterocycles. The molecular weight excluding hydrogens is 262 g/mol. The third-order valence-electron chi connectivity index (χ3n) is 3.66. The smallest absolute Gasteiger partial charge is 0.312 e. The lowest BCUT2D eigenvalue weighted by molar-refractivity contribution is -0.159. The van der Waals surface area contributed by atoms with Gasteiger partial charge in [0.1, 0.15) is 0 Å². The van der Waals surface area contributed by atoms with Crippen molar-refractivity contribution in [3.63, 3.8) is 0 Å². The van der Waals surface area contributed by atoms with Crippen LogP contribution in [0.25, 0.3) is 0 Å². The average molecular weight is 285 g/mol. The highest BCUT2D eigenvalue weighted by Crippen LogP contribution is 2.14. The molecule has 114 valence electrons. The van der Waals surface area contributed by atoms with Crippen LogP contribution in [-0.2, 0) is 19.1 Å². The maximum atomic E-state index is 12.0. The molecular formula is C13H23N3O4. The van der Waals surface area contributed by atoms with Crippen LogP contribution in [0.5, 0.6) is 0 Å². The number of amides is 2. The van der Waals surface area contributed by atoms with Gasteiger partial charge in [0.15, 0.2) is 0 Å². The van der Waals surface area contributed by atoms with Crippen LogP contribution in [0.1, 0.15) is 6.42 Å². The van der Waals surface area contributed by atoms with E-state index in [-0.39, 0.29) is 17.9 Å². The number of fused-ring (bicyclic) bond motifs is 1. The highest BCUT2D eigenvalue weighted by Gasteiger charge is 2.39. The summed E-state index contributed by atoms with van der Waals surface area (Å²) in [4.78, 5) is 27.4. The maximum Gasteiger partial charge on any atom is 0.312 e. The molecule has 2 aliphatic rings. The van der Waals surface area contributed by atoms with E-state index in [2.05, 4.69) is 5.32 Å². The second-order valence-corrected chi connectivity index (χ2v) is 5.07. The molecule has 1 unspecified atom stereocenters. The third-order valence-corrected chi connectivity index (χ3v) is 3.66. The molecule has 1 atom stereocenters. The molecule has 7 heteroatoms. The Kier molecular flexibility index (Phi) is 5.75. The van der Waals surface area contributed by atoms with Crippen molar-refractivity contribution >= 4 is 11.8 Å². The Balaban J connectivity index is 1.74. The van der Waals surface area contributed by atoms with Gasteiger partial charge in [0.05, 0.1) is 19.3 Å². The van der Waals surface area contributed by atoms with Gasteiger partial charge in [0.25, 0.3) is 0 Å². The molecule has 2 rings (SSSR count). The molecule has 0 aromatic rings. The number of methoxy groups -OCH3 is 1. The summed E-state index contributed by atoms with van der Waals surface area (Å²) in [5.41, 5.74) is 0. The minimum absolute atomic E-state index is 0.114. The van der Waals surface area contributed by atoms with Gasteiger partial charge in [-0.2, -0.15) is 0 Å². The molecule has 2 heterocycles. The van der Waals surface area contributed by atoms with Crippen LogP contribution in [0.15, 0.2) is 0 Å². The minimum Gasteiger partial charge on any atom is -0.382 e. The van der Waals surface area contributed by atoms with Gasteiger partial charge in [0, 0.05) is 46.4 Å². The molecule has 2 fully saturated rings. The molecule has 1 N–H and O–H groups in total. The van der Waals surface area contributed by atoms with Crippen LogP contribution in [0.3, 0.4) is 0 Å². The zero-order chi connectivity index (χ0) is 14.4. The molecule has 0 saturated carbocycles. The van der Waals surface area contributed by atoms with Gasteiger partial charge in [-0.1, -0.05) is 0 Å². The molecule has 0 aromatic heterocycles. The Morgan fingerprint density at radius 1 is 1.25 bits per heavy atom. The standard InChI is InChI=1S/C13H23N3O4/c1-19-7-8-20-6-2-4-15-10-11-9-14-3-5-16(11)13(18)12(15)17/h11,14H,2-10H2,1H3. The van der Waals surface area contributed by atoms with Gasteiger partial charge in [-0.25, -0.2) is 0 Å². The molecule has 0 aromatic carbocycles. The van der Waals surface area contributed by atoms with Crippen LogP contribution in [0.4, 0.5) is 0 Å². The number of piperazine rings is 2. The number of nitrogens with one attached hydrogen (secondary N) is 1. The van der Waals surface area contributed by atoms with Crippen molar-refractivity contribution in [2.75, 3.05) is 59.7 Å². The van der Waals surface area contributed by atoms with Crippen molar-refractivity contribution in [3.05, 3.63) is 0 Å². The van der Waals surface area contributed by atoms with Crippen LogP contribution in [-0.4, -0.2) is 87.3 Å². The van der Waals surface area contributed by atoms with Crippen molar-refractivity contribution in [1.82, 2.24) is 15.1 Å². The van der Waals surface area contributed by atoms with E-state index in [1.165, 1.54) is 0 Å². The first-order valence-electron chi connectivity index (χ1n) is 7.11. The van der Waals surface area contributed by atoms with Crippen LogP contribution < -0.4 is 5.32 Å². The maximum absolute atomic E-state index is 12.0. The lowest BCUT2D eigenvalue weighted by Gasteiger charge is -2.43. The summed E-state index contributed by atoms with van der Waals surface area (Å²) < 4.78 is 10.2. The summed E-state index contributed by atoms with van der Waals surface area (Å²) in [5, 5.41) is 3.26. The molecule has 7 nitrogen and oxygen atoms in total. The number of ether oxygens (including phenoxy) is 2. The largest absolute Gasteiger partial charge is 0.382 e. The van der Waals surface area contributed by atoms with Crippen molar-refractivity contribution in [2.24, 2.45) is 0 Å². The van der Waals surface area contributed by atoms with Crippen molar-refractivity contribution in [1.29, 1.82) is 0 Å². The lowest BCUT2D eigenvalue weighted by Crippen LogP contribution is -2.65. The van der Waals surface area contributed by atoms with E-state index in [9.17, 15) is 9.59 Å². The highest BCUT2D eigenvalue weighted by molar-refractivity contribution is 6.35. The Labute approximate surface area is 119 Å². The molecule has 2 saturated heterocycles. The summed E-state index contributed by atoms with van der Waals surface area (Å²) in [6.07, 6.45) is 0.739. The van der Waals surface area contributed by atoms with E-state index in [4.69, 9.17) is 9.47 Å². The predicted octanol–water partition coefficient (Wildman–Crippen LogP) is -1.32. The van der Waals surface area contributed by atoms with E-state index < -0.39 is 0 Å². The number of hydrogen-bond acceptors (Lipinski definition) is 5. The second-order valence-electron chi connectivity index (χ2n) is 5.07. The summed E-state index contributed by atoms with van der Waals surface area (Å²) in [6, 6.07) is 0.114. The summed E-state index contributed by atoms with van der Waals surface area (Å²) in [6.45, 7) is 5.06. The van der Waals surface area contributed by atoms with Gasteiger partial charge in [-0.3, -0.25) is 9.59 Å². The van der Waals surface area contributed by atoms with Crippen molar-refractivity contribution in [3.8, 4) is 0 Å². The first-order chi connectivity index (χ1) is 9.74. The van der Waals surface area contributed by atoms with Crippen LogP contribution >= 0.6 is 0 Å². The number of carbonyl (C=O) groups excluding carboxylic acids is 2. The van der Waals surface area contributed by atoms with Crippen LogP contribution in [0.2, 0.25) is 0 Å². The number of rotatable bonds is 7. The highest BCUT2D eigenvalue weighted by atomic mass is 16.5. The van der Waals surface area contributed by atoms with Crippen molar-refractivity contribution in [2.45, 2.75) is 12.5 Å². The number of hydrogen-bond donors (Lipinski definition) is 1. The van der Waals surface area contributed by atoms with Gasteiger partial charge >= 0.3 is 11.8 Å². The van der Waals surface area contributed by atoms with E-state index in [0.717, 1.165) is 19.5 Å². The van der Waals surface area contributed by atoms with E-state index in [0.29, 0.717) is 39.5 Å². The average Bonchev–Trinajstić information content (AvgIpc) is 2.47. The lowest BCUT2D eigenvalue weighted by atomic mass is 10.1. The van der Waals surface area contributed by atoms with E-state index in [1.807, 2.05) is 0 Å². The SMILES string of the molecule is COCCOCCCN1CC2CNCCN2C(=O)C1=O. The molecule has 0 spiro atoms. The topological polar surface area (TPSA) is 71.1 Å². The van der Waals surface area contributed by atoms with E-state index in [1.54, 1.807) is 16.9 Å². The molecule has 0 aliphatic carbocycles. The fraction of sp³-hybridized carbons (Fsp3) is 0.846. The number of carbonyl (C=O) groups is 2. The van der Waals surface area contributed by atoms with Gasteiger partial charge in [0.2, 0.25) is 0 Å². The molecule has 20 heavy (non-hydrogen) atoms. The zero-order valence-corrected chi connectivity index (χ0v) is 12.0. The number of nitrogens with zero attached hydrogens (tertiary/aromatic N) is 2. The Morgan fingerprint density at radius 2 is 2.10 bits per heavy atom. The minimum atomic E-state index is -0.375. The summed E-state index contributed by atoms with van der Waals surface area (Å²) >= 11 is 0. The zero-order valence-electron chi connectivity index (χ0n) is 12.0. The third kappa shape index (κ3) is 3.68. The molecule has 0 radical (unpaired) electrons. The first kappa shape index (κ1) is 15.2. The molecule has 0 bridgehead atoms. The Morgan fingerprint density at radius 3 is 2.90 bits per heavy atom. The predicted molar refractivity (Wildman–Crippen MR) is 72.3 cm³/mol. The van der Waals surface area contributed by atoms with E-state index >= 15 is 0 Å². The quantitative estimate of drug-likeness (QED) is 0.464. The summed E-state index contributed by atoms with van der Waals surface area (Å²) in [5.74, 6) is -0.733. The Hall–Kier alpha value is -1.18. The summed E-state index contributed by atoms with van der Waals surface area (Å²) in [7, 11) is 1.63. The first-order valence-corrected chi connectivity index (χ1v) is 7.11. The van der Waals surface area contributed by atoms with Crippen LogP contribution in [0, 0.1) is 0 Å². The molecule has 2 amide bonds.